The van der Waals surface area contributed by atoms with Crippen molar-refractivity contribution in [3.63, 3.8) is 0 Å². The molecule has 0 bridgehead atoms. The Bertz CT molecular complexity index is 1190. The van der Waals surface area contributed by atoms with Crippen LogP contribution in [0.3, 0.4) is 0 Å². The van der Waals surface area contributed by atoms with Crippen molar-refractivity contribution in [3.8, 4) is 0 Å². The van der Waals surface area contributed by atoms with E-state index >= 15 is 0 Å². The molecule has 1 aromatic carbocycles. The van der Waals surface area contributed by atoms with Crippen molar-refractivity contribution in [2.45, 2.75) is 51.7 Å². The number of nitrogens with zero attached hydrogens (tertiary/aromatic N) is 2. The molecule has 1 saturated carbocycles. The summed E-state index contributed by atoms with van der Waals surface area (Å²) in [6.07, 6.45) is 3.17. The highest BCUT2D eigenvalue weighted by atomic mass is 35.5. The molecule has 2 aliphatic heterocycles. The third kappa shape index (κ3) is 3.65. The molecule has 3 atom stereocenters. The Labute approximate surface area is 200 Å². The van der Waals surface area contributed by atoms with Crippen LogP contribution in [0.15, 0.2) is 35.6 Å². The Balaban J connectivity index is 1.63. The van der Waals surface area contributed by atoms with E-state index in [-0.39, 0.29) is 30.2 Å². The fraction of sp³-hybridized carbons (Fsp3) is 0.417. The van der Waals surface area contributed by atoms with Crippen LogP contribution in [-0.4, -0.2) is 35.4 Å². The van der Waals surface area contributed by atoms with Crippen LogP contribution in [0.2, 0.25) is 5.02 Å². The van der Waals surface area contributed by atoms with Gasteiger partial charge in [-0.25, -0.2) is 9.78 Å². The number of aromatic nitrogens is 1. The van der Waals surface area contributed by atoms with E-state index < -0.39 is 17.9 Å². The van der Waals surface area contributed by atoms with Crippen molar-refractivity contribution >= 4 is 45.7 Å². The van der Waals surface area contributed by atoms with Gasteiger partial charge < -0.3 is 9.47 Å². The molecule has 1 fully saturated rings. The standard InChI is InChI=1S/C24H23ClN2O5S/c1-3-31-23(30)21-12(2)26-24(33-21)27-18(13-7-6-8-14(25)11-13)17-19(28)15-9-4-5-10-16(15)32-20(17)22(27)29/h6-8,11,15-16,18H,3-5,9-10H2,1-2H3. The van der Waals surface area contributed by atoms with Gasteiger partial charge in [0, 0.05) is 5.02 Å². The molecule has 0 saturated heterocycles. The number of anilines is 1. The first-order valence-electron chi connectivity index (χ1n) is 11.1. The number of Topliss-reactive ketones (excluding diaryl/α,β-unsaturated/α-hetero) is 1. The van der Waals surface area contributed by atoms with Gasteiger partial charge in [0.15, 0.2) is 16.7 Å². The van der Waals surface area contributed by atoms with E-state index in [1.165, 1.54) is 4.90 Å². The van der Waals surface area contributed by atoms with Gasteiger partial charge in [-0.1, -0.05) is 41.5 Å². The number of ketones is 1. The molecule has 3 unspecified atom stereocenters. The predicted octanol–water partition coefficient (Wildman–Crippen LogP) is 4.78. The lowest BCUT2D eigenvalue weighted by Crippen LogP contribution is -2.39. The lowest BCUT2D eigenvalue weighted by molar-refractivity contribution is -0.131. The van der Waals surface area contributed by atoms with Crippen LogP contribution in [0.25, 0.3) is 0 Å². The van der Waals surface area contributed by atoms with Gasteiger partial charge in [-0.2, -0.15) is 0 Å². The summed E-state index contributed by atoms with van der Waals surface area (Å²) in [5.74, 6) is -1.10. The number of fused-ring (bicyclic) bond motifs is 1. The van der Waals surface area contributed by atoms with E-state index in [0.29, 0.717) is 31.9 Å². The molecule has 1 amide bonds. The Kier molecular flexibility index (Phi) is 5.74. The molecule has 172 valence electrons. The SMILES string of the molecule is CCOC(=O)c1sc(N2C(=O)C3=C(C(=O)C4CCCCC4O3)C2c2cccc(Cl)c2)nc1C. The van der Waals surface area contributed by atoms with Gasteiger partial charge in [0.2, 0.25) is 0 Å². The molecule has 1 aliphatic carbocycles. The summed E-state index contributed by atoms with van der Waals surface area (Å²) in [5, 5.41) is 0.815. The van der Waals surface area contributed by atoms with Crippen molar-refractivity contribution in [2.24, 2.45) is 5.92 Å². The van der Waals surface area contributed by atoms with Gasteiger partial charge in [0.1, 0.15) is 11.0 Å². The highest BCUT2D eigenvalue weighted by Gasteiger charge is 2.53. The number of aryl methyl sites for hydroxylation is 1. The first kappa shape index (κ1) is 22.1. The van der Waals surface area contributed by atoms with Crippen molar-refractivity contribution in [1.29, 1.82) is 0 Å². The molecule has 0 spiro atoms. The lowest BCUT2D eigenvalue weighted by Gasteiger charge is -2.35. The number of carbonyl (C=O) groups excluding carboxylic acids is 3. The van der Waals surface area contributed by atoms with Crippen LogP contribution in [0.4, 0.5) is 5.13 Å². The first-order valence-corrected chi connectivity index (χ1v) is 12.3. The normalized spacial score (nSPS) is 24.5. The number of rotatable bonds is 4. The zero-order valence-electron chi connectivity index (χ0n) is 18.3. The molecule has 7 nitrogen and oxygen atoms in total. The Hall–Kier alpha value is -2.71. The number of hydrogen-bond donors (Lipinski definition) is 0. The Morgan fingerprint density at radius 2 is 2.09 bits per heavy atom. The molecular formula is C24H23ClN2O5S. The second kappa shape index (κ2) is 8.57. The van der Waals surface area contributed by atoms with Crippen molar-refractivity contribution in [2.75, 3.05) is 11.5 Å². The molecular weight excluding hydrogens is 464 g/mol. The summed E-state index contributed by atoms with van der Waals surface area (Å²) in [5.41, 5.74) is 1.52. The average molecular weight is 487 g/mol. The summed E-state index contributed by atoms with van der Waals surface area (Å²) in [6.45, 7) is 3.67. The fourth-order valence-electron chi connectivity index (χ4n) is 4.91. The van der Waals surface area contributed by atoms with E-state index in [2.05, 4.69) is 4.98 Å². The van der Waals surface area contributed by atoms with E-state index in [1.807, 2.05) is 6.07 Å². The van der Waals surface area contributed by atoms with Crippen molar-refractivity contribution < 1.29 is 23.9 Å². The largest absolute Gasteiger partial charge is 0.483 e. The maximum Gasteiger partial charge on any atom is 0.350 e. The zero-order chi connectivity index (χ0) is 23.3. The third-order valence-electron chi connectivity index (χ3n) is 6.38. The summed E-state index contributed by atoms with van der Waals surface area (Å²) >= 11 is 7.35. The molecule has 5 rings (SSSR count). The minimum Gasteiger partial charge on any atom is -0.483 e. The molecule has 0 radical (unpaired) electrons. The number of hydrogen-bond acceptors (Lipinski definition) is 7. The van der Waals surface area contributed by atoms with Gasteiger partial charge in [-0.3, -0.25) is 14.5 Å². The number of thiazole rings is 1. The van der Waals surface area contributed by atoms with E-state index in [4.69, 9.17) is 21.1 Å². The molecule has 2 aromatic rings. The van der Waals surface area contributed by atoms with Crippen LogP contribution < -0.4 is 4.90 Å². The topological polar surface area (TPSA) is 85.8 Å². The van der Waals surface area contributed by atoms with Gasteiger partial charge in [0.05, 0.1) is 29.8 Å². The van der Waals surface area contributed by atoms with Gasteiger partial charge >= 0.3 is 5.97 Å². The van der Waals surface area contributed by atoms with Crippen LogP contribution in [0, 0.1) is 12.8 Å². The third-order valence-corrected chi connectivity index (χ3v) is 7.75. The van der Waals surface area contributed by atoms with Crippen LogP contribution in [0.1, 0.15) is 59.6 Å². The first-order chi connectivity index (χ1) is 15.9. The Morgan fingerprint density at radius 3 is 2.85 bits per heavy atom. The number of carbonyl (C=O) groups is 3. The monoisotopic (exact) mass is 486 g/mol. The van der Waals surface area contributed by atoms with Crippen molar-refractivity contribution in [3.05, 3.63) is 56.8 Å². The van der Waals surface area contributed by atoms with Crippen LogP contribution >= 0.6 is 22.9 Å². The van der Waals surface area contributed by atoms with Gasteiger partial charge in [-0.15, -0.1) is 0 Å². The maximum absolute atomic E-state index is 13.7. The Morgan fingerprint density at radius 1 is 1.30 bits per heavy atom. The van der Waals surface area contributed by atoms with E-state index in [9.17, 15) is 14.4 Å². The number of halogens is 1. The van der Waals surface area contributed by atoms with Gasteiger partial charge in [-0.05, 0) is 50.8 Å². The lowest BCUT2D eigenvalue weighted by atomic mass is 9.77. The smallest absolute Gasteiger partial charge is 0.350 e. The summed E-state index contributed by atoms with van der Waals surface area (Å²) in [4.78, 5) is 46.0. The molecule has 33 heavy (non-hydrogen) atoms. The molecule has 0 N–H and O–H groups in total. The number of benzene rings is 1. The maximum atomic E-state index is 13.7. The summed E-state index contributed by atoms with van der Waals surface area (Å²) in [6, 6.07) is 6.38. The van der Waals surface area contributed by atoms with Gasteiger partial charge in [0.25, 0.3) is 5.91 Å². The fourth-order valence-corrected chi connectivity index (χ4v) is 6.09. The molecule has 3 heterocycles. The summed E-state index contributed by atoms with van der Waals surface area (Å²) < 4.78 is 11.3. The highest BCUT2D eigenvalue weighted by Crippen LogP contribution is 2.49. The van der Waals surface area contributed by atoms with Crippen LogP contribution in [0.5, 0.6) is 0 Å². The van der Waals surface area contributed by atoms with E-state index in [0.717, 1.165) is 37.0 Å². The molecule has 9 heteroatoms. The minimum absolute atomic E-state index is 0.0410. The molecule has 3 aliphatic rings. The number of esters is 1. The second-order valence-electron chi connectivity index (χ2n) is 8.42. The molecule has 1 aromatic heterocycles. The highest BCUT2D eigenvalue weighted by molar-refractivity contribution is 7.17. The van der Waals surface area contributed by atoms with Crippen LogP contribution in [-0.2, 0) is 19.1 Å². The minimum atomic E-state index is -0.720. The predicted molar refractivity (Wildman–Crippen MR) is 123 cm³/mol. The summed E-state index contributed by atoms with van der Waals surface area (Å²) in [7, 11) is 0. The average Bonchev–Trinajstić information content (AvgIpc) is 3.32. The van der Waals surface area contributed by atoms with Crippen molar-refractivity contribution in [1.82, 2.24) is 4.98 Å². The number of amides is 1. The quantitative estimate of drug-likeness (QED) is 0.578. The second-order valence-corrected chi connectivity index (χ2v) is 9.83. The zero-order valence-corrected chi connectivity index (χ0v) is 19.9. The number of ether oxygens (including phenoxy) is 2. The van der Waals surface area contributed by atoms with E-state index in [1.54, 1.807) is 32.0 Å².